The zero-order valence-electron chi connectivity index (χ0n) is 13.0. The van der Waals surface area contributed by atoms with Crippen LogP contribution in [0.4, 0.5) is 0 Å². The minimum atomic E-state index is 0.435. The zero-order chi connectivity index (χ0) is 14.5. The van der Waals surface area contributed by atoms with Crippen LogP contribution in [0.1, 0.15) is 46.3 Å². The first-order valence-corrected chi connectivity index (χ1v) is 8.34. The summed E-state index contributed by atoms with van der Waals surface area (Å²) in [5.41, 5.74) is 4.30. The second-order valence-electron chi connectivity index (χ2n) is 5.34. The zero-order valence-corrected chi connectivity index (χ0v) is 13.8. The summed E-state index contributed by atoms with van der Waals surface area (Å²) in [5, 5.41) is 3.65. The third-order valence-corrected chi connectivity index (χ3v) is 5.22. The van der Waals surface area contributed by atoms with Crippen molar-refractivity contribution in [3.05, 3.63) is 56.8 Å². The Morgan fingerprint density at radius 2 is 1.75 bits per heavy atom. The maximum Gasteiger partial charge on any atom is 0.0455 e. The van der Waals surface area contributed by atoms with Crippen molar-refractivity contribution in [3.63, 3.8) is 0 Å². The molecule has 2 rings (SSSR count). The lowest BCUT2D eigenvalue weighted by Gasteiger charge is -2.19. The van der Waals surface area contributed by atoms with Crippen molar-refractivity contribution in [2.45, 2.75) is 46.6 Å². The topological polar surface area (TPSA) is 12.0 Å². The molecule has 1 aromatic carbocycles. The molecule has 0 saturated heterocycles. The van der Waals surface area contributed by atoms with Gasteiger partial charge in [-0.05, 0) is 62.1 Å². The van der Waals surface area contributed by atoms with Crippen molar-refractivity contribution in [1.82, 2.24) is 5.32 Å². The van der Waals surface area contributed by atoms with Gasteiger partial charge in [0.15, 0.2) is 0 Å². The van der Waals surface area contributed by atoms with E-state index in [1.54, 1.807) is 0 Å². The summed E-state index contributed by atoms with van der Waals surface area (Å²) in [5.74, 6) is 0. The van der Waals surface area contributed by atoms with Gasteiger partial charge in [0.2, 0.25) is 0 Å². The van der Waals surface area contributed by atoms with Gasteiger partial charge in [-0.25, -0.2) is 0 Å². The van der Waals surface area contributed by atoms with Crippen LogP contribution < -0.4 is 5.32 Å². The Bertz CT molecular complexity index is 536. The Morgan fingerprint density at radius 3 is 2.30 bits per heavy atom. The lowest BCUT2D eigenvalue weighted by Crippen LogP contribution is -2.22. The highest BCUT2D eigenvalue weighted by Crippen LogP contribution is 2.28. The third-order valence-electron chi connectivity index (χ3n) is 3.88. The summed E-state index contributed by atoms with van der Waals surface area (Å²) in [7, 11) is 0. The Balaban J connectivity index is 2.25. The number of hydrogen-bond donors (Lipinski definition) is 1. The number of nitrogens with one attached hydrogen (secondary N) is 1. The lowest BCUT2D eigenvalue weighted by molar-refractivity contribution is 0.556. The molecule has 1 N–H and O–H groups in total. The molecule has 0 aliphatic carbocycles. The number of hydrogen-bond acceptors (Lipinski definition) is 2. The molecular formula is C18H25NS. The highest BCUT2D eigenvalue weighted by Gasteiger charge is 2.15. The fourth-order valence-electron chi connectivity index (χ4n) is 2.67. The molecule has 2 heteroatoms. The van der Waals surface area contributed by atoms with Crippen LogP contribution in [0.2, 0.25) is 0 Å². The molecule has 0 fully saturated rings. The van der Waals surface area contributed by atoms with Crippen molar-refractivity contribution >= 4 is 11.3 Å². The molecule has 0 bridgehead atoms. The first-order chi connectivity index (χ1) is 9.65. The van der Waals surface area contributed by atoms with Crippen LogP contribution in [-0.4, -0.2) is 6.54 Å². The van der Waals surface area contributed by atoms with Crippen LogP contribution >= 0.6 is 11.3 Å². The standard InChI is InChI=1S/C18H25NS/c1-5-15-10-11-18(20-15)17(19-6-2)12-16-13(3)8-7-9-14(16)4/h7-11,17,19H,5-6,12H2,1-4H3. The van der Waals surface area contributed by atoms with E-state index < -0.39 is 0 Å². The van der Waals surface area contributed by atoms with Crippen LogP contribution in [0.25, 0.3) is 0 Å². The van der Waals surface area contributed by atoms with Crippen LogP contribution in [0.15, 0.2) is 30.3 Å². The van der Waals surface area contributed by atoms with E-state index in [9.17, 15) is 0 Å². The van der Waals surface area contributed by atoms with E-state index in [1.807, 2.05) is 11.3 Å². The molecule has 0 radical (unpaired) electrons. The van der Waals surface area contributed by atoms with Crippen molar-refractivity contribution in [2.24, 2.45) is 0 Å². The van der Waals surface area contributed by atoms with Gasteiger partial charge in [-0.2, -0.15) is 0 Å². The molecule has 1 unspecified atom stereocenters. The highest BCUT2D eigenvalue weighted by molar-refractivity contribution is 7.12. The van der Waals surface area contributed by atoms with Gasteiger partial charge in [0, 0.05) is 15.8 Å². The minimum Gasteiger partial charge on any atom is -0.309 e. The molecule has 2 aromatic rings. The van der Waals surface area contributed by atoms with E-state index in [4.69, 9.17) is 0 Å². The minimum absolute atomic E-state index is 0.435. The molecule has 0 aliphatic heterocycles. The molecule has 0 saturated carbocycles. The Kier molecular flexibility index (Phi) is 5.38. The number of likely N-dealkylation sites (N-methyl/N-ethyl adjacent to an activating group) is 1. The molecule has 108 valence electrons. The van der Waals surface area contributed by atoms with Crippen molar-refractivity contribution in [3.8, 4) is 0 Å². The summed E-state index contributed by atoms with van der Waals surface area (Å²) < 4.78 is 0. The molecule has 0 aliphatic rings. The number of benzene rings is 1. The van der Waals surface area contributed by atoms with E-state index in [0.717, 1.165) is 19.4 Å². The maximum atomic E-state index is 3.65. The molecule has 1 aromatic heterocycles. The molecule has 1 heterocycles. The van der Waals surface area contributed by atoms with Crippen LogP contribution in [0.5, 0.6) is 0 Å². The second kappa shape index (κ2) is 7.05. The smallest absolute Gasteiger partial charge is 0.0455 e. The molecular weight excluding hydrogens is 262 g/mol. The van der Waals surface area contributed by atoms with Gasteiger partial charge in [-0.1, -0.05) is 32.0 Å². The van der Waals surface area contributed by atoms with E-state index in [1.165, 1.54) is 26.4 Å². The monoisotopic (exact) mass is 287 g/mol. The first kappa shape index (κ1) is 15.3. The van der Waals surface area contributed by atoms with Crippen LogP contribution in [0.3, 0.4) is 0 Å². The van der Waals surface area contributed by atoms with E-state index in [-0.39, 0.29) is 0 Å². The van der Waals surface area contributed by atoms with Gasteiger partial charge in [-0.15, -0.1) is 11.3 Å². The summed E-state index contributed by atoms with van der Waals surface area (Å²) in [6.07, 6.45) is 2.21. The average Bonchev–Trinajstić information content (AvgIpc) is 2.90. The number of rotatable bonds is 6. The van der Waals surface area contributed by atoms with Gasteiger partial charge in [0.1, 0.15) is 0 Å². The van der Waals surface area contributed by atoms with Gasteiger partial charge in [0.25, 0.3) is 0 Å². The SMILES string of the molecule is CCNC(Cc1c(C)cccc1C)c1ccc(CC)s1. The molecule has 1 atom stereocenters. The van der Waals surface area contributed by atoms with Gasteiger partial charge < -0.3 is 5.32 Å². The first-order valence-electron chi connectivity index (χ1n) is 7.52. The lowest BCUT2D eigenvalue weighted by atomic mass is 9.96. The summed E-state index contributed by atoms with van der Waals surface area (Å²) >= 11 is 1.95. The van der Waals surface area contributed by atoms with Crippen molar-refractivity contribution in [1.29, 1.82) is 0 Å². The van der Waals surface area contributed by atoms with Crippen molar-refractivity contribution < 1.29 is 0 Å². The number of aryl methyl sites for hydroxylation is 3. The molecule has 0 spiro atoms. The van der Waals surface area contributed by atoms with Crippen LogP contribution in [-0.2, 0) is 12.8 Å². The average molecular weight is 287 g/mol. The highest BCUT2D eigenvalue weighted by atomic mass is 32.1. The summed E-state index contributed by atoms with van der Waals surface area (Å²) in [6.45, 7) is 9.86. The Hall–Kier alpha value is -1.12. The third kappa shape index (κ3) is 3.50. The Labute approximate surface area is 127 Å². The summed E-state index contributed by atoms with van der Waals surface area (Å²) in [4.78, 5) is 2.94. The second-order valence-corrected chi connectivity index (χ2v) is 6.54. The Morgan fingerprint density at radius 1 is 1.05 bits per heavy atom. The van der Waals surface area contributed by atoms with E-state index >= 15 is 0 Å². The number of thiophene rings is 1. The molecule has 0 amide bonds. The van der Waals surface area contributed by atoms with Crippen molar-refractivity contribution in [2.75, 3.05) is 6.54 Å². The fourth-order valence-corrected chi connectivity index (χ4v) is 3.69. The molecule has 20 heavy (non-hydrogen) atoms. The summed E-state index contributed by atoms with van der Waals surface area (Å²) in [6, 6.07) is 11.6. The van der Waals surface area contributed by atoms with Crippen LogP contribution in [0, 0.1) is 13.8 Å². The van der Waals surface area contributed by atoms with Gasteiger partial charge >= 0.3 is 0 Å². The van der Waals surface area contributed by atoms with E-state index in [0.29, 0.717) is 6.04 Å². The molecule has 1 nitrogen and oxygen atoms in total. The van der Waals surface area contributed by atoms with E-state index in [2.05, 4.69) is 63.3 Å². The van der Waals surface area contributed by atoms with Gasteiger partial charge in [-0.3, -0.25) is 0 Å². The normalized spacial score (nSPS) is 12.6. The maximum absolute atomic E-state index is 3.65. The predicted octanol–water partition coefficient (Wildman–Crippen LogP) is 4.82. The fraction of sp³-hybridized carbons (Fsp3) is 0.444. The van der Waals surface area contributed by atoms with Gasteiger partial charge in [0.05, 0.1) is 0 Å². The predicted molar refractivity (Wildman–Crippen MR) is 89.7 cm³/mol. The quantitative estimate of drug-likeness (QED) is 0.803. The largest absolute Gasteiger partial charge is 0.309 e.